The van der Waals surface area contributed by atoms with Gasteiger partial charge in [-0.1, -0.05) is 36.8 Å². The smallest absolute Gasteiger partial charge is 0.303 e. The Balaban J connectivity index is 1.50. The Bertz CT molecular complexity index is 1280. The van der Waals surface area contributed by atoms with Crippen LogP contribution in [0.1, 0.15) is 68.1 Å². The van der Waals surface area contributed by atoms with E-state index < -0.39 is 17.3 Å². The van der Waals surface area contributed by atoms with Crippen molar-refractivity contribution in [2.24, 2.45) is 5.92 Å². The molecule has 2 heterocycles. The van der Waals surface area contributed by atoms with Crippen LogP contribution < -0.4 is 9.62 Å². The molecule has 1 fully saturated rings. The summed E-state index contributed by atoms with van der Waals surface area (Å²) < 4.78 is 21.0. The van der Waals surface area contributed by atoms with E-state index in [0.717, 1.165) is 40.7 Å². The molecular weight excluding hydrogens is 502 g/mol. The van der Waals surface area contributed by atoms with E-state index in [-0.39, 0.29) is 18.2 Å². The molecule has 0 bridgehead atoms. The highest BCUT2D eigenvalue weighted by Gasteiger charge is 2.33. The van der Waals surface area contributed by atoms with E-state index in [1.165, 1.54) is 5.56 Å². The monoisotopic (exact) mass is 539 g/mol. The molecule has 1 saturated carbocycles. The quantitative estimate of drug-likeness (QED) is 0.218. The molecule has 2 aromatic heterocycles. The van der Waals surface area contributed by atoms with Gasteiger partial charge >= 0.3 is 5.97 Å². The number of pyridine rings is 1. The van der Waals surface area contributed by atoms with Crippen LogP contribution in [0.25, 0.3) is 22.4 Å². The Morgan fingerprint density at radius 1 is 1.24 bits per heavy atom. The second-order valence-corrected chi connectivity index (χ2v) is 11.6. The number of aromatic nitrogens is 1. The molecule has 1 aromatic carbocycles. The summed E-state index contributed by atoms with van der Waals surface area (Å²) in [4.78, 5) is 27.9. The van der Waals surface area contributed by atoms with E-state index in [1.54, 1.807) is 6.26 Å². The SMILES string of the molecule is Cc1ccc(-c2oc3nc(N(CCCC(C)C(=O)NCCCC(=O)O)[S+](C)[O-])c(C4CC4)cc3c2C)cc1. The van der Waals surface area contributed by atoms with Gasteiger partial charge in [0, 0.05) is 41.0 Å². The third kappa shape index (κ3) is 6.69. The summed E-state index contributed by atoms with van der Waals surface area (Å²) >= 11 is -1.30. The molecule has 2 atom stereocenters. The first kappa shape index (κ1) is 28.0. The largest absolute Gasteiger partial charge is 0.593 e. The fourth-order valence-corrected chi connectivity index (χ4v) is 5.45. The molecule has 8 nitrogen and oxygen atoms in total. The number of nitrogens with one attached hydrogen (secondary N) is 1. The average Bonchev–Trinajstić information content (AvgIpc) is 3.67. The first-order valence-electron chi connectivity index (χ1n) is 13.3. The van der Waals surface area contributed by atoms with Gasteiger partial charge in [-0.3, -0.25) is 9.59 Å². The van der Waals surface area contributed by atoms with Crippen LogP contribution in [-0.2, 0) is 21.0 Å². The highest BCUT2D eigenvalue weighted by molar-refractivity contribution is 7.92. The van der Waals surface area contributed by atoms with Gasteiger partial charge in [0.05, 0.1) is 17.9 Å². The lowest BCUT2D eigenvalue weighted by molar-refractivity contribution is -0.137. The molecule has 1 aliphatic carbocycles. The number of anilines is 1. The fraction of sp³-hybridized carbons (Fsp3) is 0.483. The van der Waals surface area contributed by atoms with E-state index in [9.17, 15) is 14.1 Å². The first-order valence-corrected chi connectivity index (χ1v) is 14.8. The minimum absolute atomic E-state index is 0.0360. The van der Waals surface area contributed by atoms with Crippen LogP contribution in [0.2, 0.25) is 0 Å². The maximum Gasteiger partial charge on any atom is 0.303 e. The highest BCUT2D eigenvalue weighted by atomic mass is 32.2. The zero-order valence-corrected chi connectivity index (χ0v) is 23.4. The number of aryl methyl sites for hydroxylation is 2. The van der Waals surface area contributed by atoms with Gasteiger partial charge in [0.2, 0.25) is 11.6 Å². The highest BCUT2D eigenvalue weighted by Crippen LogP contribution is 2.46. The van der Waals surface area contributed by atoms with Crippen molar-refractivity contribution in [3.05, 3.63) is 47.0 Å². The van der Waals surface area contributed by atoms with Gasteiger partial charge in [-0.05, 0) is 57.9 Å². The van der Waals surface area contributed by atoms with Crippen molar-refractivity contribution >= 4 is 40.2 Å². The summed E-state index contributed by atoms with van der Waals surface area (Å²) in [6.07, 6.45) is 5.57. The number of carbonyl (C=O) groups excluding carboxylic acids is 1. The van der Waals surface area contributed by atoms with Crippen molar-refractivity contribution in [3.63, 3.8) is 0 Å². The van der Waals surface area contributed by atoms with Gasteiger partial charge in [0.25, 0.3) is 0 Å². The second-order valence-electron chi connectivity index (χ2n) is 10.3. The Morgan fingerprint density at radius 3 is 2.58 bits per heavy atom. The van der Waals surface area contributed by atoms with Gasteiger partial charge < -0.3 is 19.4 Å². The molecule has 0 saturated heterocycles. The summed E-state index contributed by atoms with van der Waals surface area (Å²) in [6.45, 7) is 6.83. The Morgan fingerprint density at radius 2 is 1.95 bits per heavy atom. The van der Waals surface area contributed by atoms with Crippen molar-refractivity contribution in [1.82, 2.24) is 10.3 Å². The molecule has 0 aliphatic heterocycles. The topological polar surface area (TPSA) is 119 Å². The summed E-state index contributed by atoms with van der Waals surface area (Å²) in [6, 6.07) is 10.4. The van der Waals surface area contributed by atoms with Crippen molar-refractivity contribution in [2.45, 2.75) is 65.2 Å². The van der Waals surface area contributed by atoms with Crippen molar-refractivity contribution in [2.75, 3.05) is 23.7 Å². The number of carboxylic acid groups (broad SMARTS) is 1. The molecule has 2 N–H and O–H groups in total. The average molecular weight is 540 g/mol. The lowest BCUT2D eigenvalue weighted by Gasteiger charge is -2.25. The molecule has 3 aromatic rings. The molecule has 0 radical (unpaired) electrons. The number of benzene rings is 1. The van der Waals surface area contributed by atoms with E-state index in [4.69, 9.17) is 14.5 Å². The Kier molecular flexibility index (Phi) is 8.99. The maximum atomic E-state index is 12.9. The number of hydrogen-bond acceptors (Lipinski definition) is 6. The van der Waals surface area contributed by atoms with Crippen LogP contribution in [0, 0.1) is 19.8 Å². The minimum Gasteiger partial charge on any atom is -0.593 e. The number of furan rings is 1. The lowest BCUT2D eigenvalue weighted by atomic mass is 10.0. The molecule has 1 aliphatic rings. The van der Waals surface area contributed by atoms with Crippen LogP contribution in [0.4, 0.5) is 5.82 Å². The fourth-order valence-electron chi connectivity index (χ4n) is 4.67. The summed E-state index contributed by atoms with van der Waals surface area (Å²) in [5.41, 5.74) is 4.90. The van der Waals surface area contributed by atoms with E-state index in [0.29, 0.717) is 49.8 Å². The van der Waals surface area contributed by atoms with Crippen LogP contribution in [-0.4, -0.2) is 45.9 Å². The first-order chi connectivity index (χ1) is 18.2. The second kappa shape index (κ2) is 12.2. The standard InChI is InChI=1S/C29H37N3O5S/c1-18-9-11-22(12-10-18)26-20(3)23-17-24(21-13-14-21)27(31-29(23)37-26)32(38(4)36)16-6-7-19(2)28(35)30-15-5-8-25(33)34/h9-12,17,19,21H,5-8,13-16H2,1-4H3,(H,30,35)(H,33,34). The summed E-state index contributed by atoms with van der Waals surface area (Å²) in [7, 11) is 0. The molecule has 38 heavy (non-hydrogen) atoms. The van der Waals surface area contributed by atoms with Gasteiger partial charge in [0.15, 0.2) is 5.82 Å². The third-order valence-electron chi connectivity index (χ3n) is 7.13. The zero-order valence-electron chi connectivity index (χ0n) is 22.6. The molecule has 0 spiro atoms. The molecule has 204 valence electrons. The normalized spacial score (nSPS) is 14.9. The van der Waals surface area contributed by atoms with Crippen molar-refractivity contribution in [1.29, 1.82) is 0 Å². The van der Waals surface area contributed by atoms with E-state index in [1.807, 2.05) is 11.2 Å². The predicted octanol–water partition coefficient (Wildman–Crippen LogP) is 5.49. The van der Waals surface area contributed by atoms with E-state index >= 15 is 0 Å². The minimum atomic E-state index is -1.30. The lowest BCUT2D eigenvalue weighted by Crippen LogP contribution is -2.34. The molecule has 1 amide bonds. The molecule has 2 unspecified atom stereocenters. The number of hydrogen-bond donors (Lipinski definition) is 2. The number of carboxylic acids is 1. The number of amides is 1. The van der Waals surface area contributed by atoms with Crippen LogP contribution >= 0.6 is 0 Å². The molecule has 4 rings (SSSR count). The van der Waals surface area contributed by atoms with Gasteiger partial charge in [-0.2, -0.15) is 9.29 Å². The Labute approximate surface area is 227 Å². The number of rotatable bonds is 13. The van der Waals surface area contributed by atoms with Gasteiger partial charge in [-0.25, -0.2) is 0 Å². The van der Waals surface area contributed by atoms with Crippen molar-refractivity contribution < 1.29 is 23.7 Å². The number of fused-ring (bicyclic) bond motifs is 1. The third-order valence-corrected chi connectivity index (χ3v) is 8.11. The summed E-state index contributed by atoms with van der Waals surface area (Å²) in [5, 5.41) is 12.5. The van der Waals surface area contributed by atoms with Crippen molar-refractivity contribution in [3.8, 4) is 11.3 Å². The number of carbonyl (C=O) groups is 2. The van der Waals surface area contributed by atoms with E-state index in [2.05, 4.69) is 49.5 Å². The zero-order chi connectivity index (χ0) is 27.4. The Hall–Kier alpha value is -3.04. The molecular formula is C29H37N3O5S. The van der Waals surface area contributed by atoms with Gasteiger partial charge in [-0.15, -0.1) is 0 Å². The van der Waals surface area contributed by atoms with Crippen LogP contribution in [0.3, 0.4) is 0 Å². The van der Waals surface area contributed by atoms with Crippen LogP contribution in [0.5, 0.6) is 0 Å². The van der Waals surface area contributed by atoms with Gasteiger partial charge in [0.1, 0.15) is 12.0 Å². The van der Waals surface area contributed by atoms with Crippen LogP contribution in [0.15, 0.2) is 34.7 Å². The summed E-state index contributed by atoms with van der Waals surface area (Å²) in [5.74, 6) is 0.728. The maximum absolute atomic E-state index is 12.9. The molecule has 9 heteroatoms. The number of aliphatic carboxylic acids is 1. The number of nitrogens with zero attached hydrogens (tertiary/aromatic N) is 2. The predicted molar refractivity (Wildman–Crippen MR) is 151 cm³/mol.